The fraction of sp³-hybridized carbons (Fsp3) is 0.500. The summed E-state index contributed by atoms with van der Waals surface area (Å²) in [5.74, 6) is -0.0809. The number of benzene rings is 1. The van der Waals surface area contributed by atoms with Crippen molar-refractivity contribution in [2.45, 2.75) is 44.0 Å². The number of aryl methyl sites for hydroxylation is 2. The summed E-state index contributed by atoms with van der Waals surface area (Å²) in [7, 11) is -1.70. The lowest BCUT2D eigenvalue weighted by Gasteiger charge is -2.42. The van der Waals surface area contributed by atoms with Gasteiger partial charge in [-0.15, -0.1) is 0 Å². The summed E-state index contributed by atoms with van der Waals surface area (Å²) in [6.45, 7) is 6.91. The second kappa shape index (κ2) is 10.7. The smallest absolute Gasteiger partial charge is 0.248 e. The molecule has 2 N–H and O–H groups in total. The lowest BCUT2D eigenvalue weighted by molar-refractivity contribution is -0.137. The van der Waals surface area contributed by atoms with E-state index in [4.69, 9.17) is 4.74 Å². The Bertz CT molecular complexity index is 1070. The van der Waals surface area contributed by atoms with E-state index >= 15 is 0 Å². The number of nitrogens with zero attached hydrogens (tertiary/aromatic N) is 2. The van der Waals surface area contributed by atoms with Gasteiger partial charge in [0.25, 0.3) is 0 Å². The minimum Gasteiger partial charge on any atom is -0.370 e. The van der Waals surface area contributed by atoms with Gasteiger partial charge < -0.3 is 15.0 Å². The standard InChI is InChI=1S/C24H34N4O4S/c1-18-5-6-19(2)23(20(18)3)33(30,31)27-13-16-32-17-22(29)28-14-9-24(25-4,10-15-28)21-7-11-26-12-8-21/h5-8,11-12,25,27H,9-10,13-17H2,1-4H3. The second-order valence-corrected chi connectivity index (χ2v) is 10.3. The third-order valence-electron chi connectivity index (χ3n) is 6.59. The van der Waals surface area contributed by atoms with Crippen molar-refractivity contribution in [3.05, 3.63) is 58.9 Å². The zero-order valence-electron chi connectivity index (χ0n) is 19.8. The van der Waals surface area contributed by atoms with Crippen molar-refractivity contribution in [2.75, 3.05) is 39.9 Å². The predicted molar refractivity (Wildman–Crippen MR) is 127 cm³/mol. The van der Waals surface area contributed by atoms with Crippen molar-refractivity contribution < 1.29 is 17.9 Å². The summed E-state index contributed by atoms with van der Waals surface area (Å²) in [4.78, 5) is 18.8. The molecule has 2 heterocycles. The maximum Gasteiger partial charge on any atom is 0.248 e. The van der Waals surface area contributed by atoms with Gasteiger partial charge in [0.05, 0.1) is 11.5 Å². The van der Waals surface area contributed by atoms with Crippen LogP contribution in [0.1, 0.15) is 35.1 Å². The number of nitrogens with one attached hydrogen (secondary N) is 2. The van der Waals surface area contributed by atoms with Crippen molar-refractivity contribution in [1.29, 1.82) is 0 Å². The molecule has 0 radical (unpaired) electrons. The Morgan fingerprint density at radius 3 is 2.36 bits per heavy atom. The molecule has 33 heavy (non-hydrogen) atoms. The number of rotatable bonds is 9. The highest BCUT2D eigenvalue weighted by molar-refractivity contribution is 7.89. The van der Waals surface area contributed by atoms with Crippen LogP contribution in [0.4, 0.5) is 0 Å². The van der Waals surface area contributed by atoms with Crippen molar-refractivity contribution in [2.24, 2.45) is 0 Å². The van der Waals surface area contributed by atoms with E-state index in [0.29, 0.717) is 23.5 Å². The summed E-state index contributed by atoms with van der Waals surface area (Å²) in [6.07, 6.45) is 5.17. The average molecular weight is 475 g/mol. The van der Waals surface area contributed by atoms with Crippen molar-refractivity contribution in [3.63, 3.8) is 0 Å². The SMILES string of the molecule is CNC1(c2ccncc2)CCN(C(=O)COCCNS(=O)(=O)c2c(C)ccc(C)c2C)CC1. The predicted octanol–water partition coefficient (Wildman–Crippen LogP) is 2.04. The monoisotopic (exact) mass is 474 g/mol. The maximum absolute atomic E-state index is 12.7. The molecule has 1 aromatic heterocycles. The quantitative estimate of drug-likeness (QED) is 0.540. The van der Waals surface area contributed by atoms with Gasteiger partial charge in [0, 0.05) is 37.6 Å². The first-order valence-corrected chi connectivity index (χ1v) is 12.7. The molecule has 3 rings (SSSR count). The third kappa shape index (κ3) is 5.78. The van der Waals surface area contributed by atoms with E-state index < -0.39 is 10.0 Å². The second-order valence-electron chi connectivity index (χ2n) is 8.55. The summed E-state index contributed by atoms with van der Waals surface area (Å²) in [5.41, 5.74) is 3.39. The third-order valence-corrected chi connectivity index (χ3v) is 8.34. The van der Waals surface area contributed by atoms with E-state index in [1.807, 2.05) is 45.2 Å². The lowest BCUT2D eigenvalue weighted by atomic mass is 9.81. The van der Waals surface area contributed by atoms with Crippen LogP contribution in [0, 0.1) is 20.8 Å². The summed E-state index contributed by atoms with van der Waals surface area (Å²) in [6, 6.07) is 7.74. The van der Waals surface area contributed by atoms with Gasteiger partial charge >= 0.3 is 0 Å². The Balaban J connectivity index is 1.45. The number of hydrogen-bond donors (Lipinski definition) is 2. The highest BCUT2D eigenvalue weighted by Gasteiger charge is 2.36. The Kier molecular flexibility index (Phi) is 8.23. The topological polar surface area (TPSA) is 101 Å². The normalized spacial score (nSPS) is 16.1. The average Bonchev–Trinajstić information content (AvgIpc) is 2.81. The van der Waals surface area contributed by atoms with Gasteiger partial charge in [-0.1, -0.05) is 12.1 Å². The van der Waals surface area contributed by atoms with E-state index in [1.165, 1.54) is 5.56 Å². The molecule has 1 saturated heterocycles. The fourth-order valence-electron chi connectivity index (χ4n) is 4.40. The molecule has 9 heteroatoms. The number of sulfonamides is 1. The first kappa shape index (κ1) is 25.3. The zero-order chi connectivity index (χ0) is 24.1. The van der Waals surface area contributed by atoms with Crippen molar-refractivity contribution in [1.82, 2.24) is 19.9 Å². The molecular formula is C24H34N4O4S. The number of hydrogen-bond acceptors (Lipinski definition) is 6. The van der Waals surface area contributed by atoms with Crippen LogP contribution in [0.5, 0.6) is 0 Å². The molecule has 1 aromatic carbocycles. The van der Waals surface area contributed by atoms with Crippen molar-refractivity contribution >= 4 is 15.9 Å². The molecule has 1 fully saturated rings. The molecule has 0 atom stereocenters. The van der Waals surface area contributed by atoms with Gasteiger partial charge in [-0.3, -0.25) is 9.78 Å². The highest BCUT2D eigenvalue weighted by atomic mass is 32.2. The van der Waals surface area contributed by atoms with Crippen LogP contribution in [0.25, 0.3) is 0 Å². The van der Waals surface area contributed by atoms with Gasteiger partial charge in [-0.2, -0.15) is 0 Å². The molecule has 0 saturated carbocycles. The molecule has 1 amide bonds. The van der Waals surface area contributed by atoms with Crippen LogP contribution < -0.4 is 10.0 Å². The van der Waals surface area contributed by atoms with Gasteiger partial charge in [-0.05, 0) is 75.0 Å². The molecular weight excluding hydrogens is 440 g/mol. The number of aromatic nitrogens is 1. The number of carbonyl (C=O) groups excluding carboxylic acids is 1. The number of piperidine rings is 1. The number of ether oxygens (including phenoxy) is 1. The number of likely N-dealkylation sites (tertiary alicyclic amines) is 1. The molecule has 0 aliphatic carbocycles. The molecule has 0 bridgehead atoms. The molecule has 1 aliphatic rings. The van der Waals surface area contributed by atoms with Gasteiger partial charge in [0.15, 0.2) is 0 Å². The van der Waals surface area contributed by atoms with Crippen LogP contribution in [0.15, 0.2) is 41.6 Å². The van der Waals surface area contributed by atoms with E-state index in [0.717, 1.165) is 24.0 Å². The summed E-state index contributed by atoms with van der Waals surface area (Å²) < 4.78 is 33.5. The number of amides is 1. The minimum absolute atomic E-state index is 0.0635. The number of carbonyl (C=O) groups is 1. The fourth-order valence-corrected chi connectivity index (χ4v) is 5.95. The molecule has 0 spiro atoms. The van der Waals surface area contributed by atoms with Gasteiger partial charge in [-0.25, -0.2) is 13.1 Å². The largest absolute Gasteiger partial charge is 0.370 e. The van der Waals surface area contributed by atoms with E-state index in [9.17, 15) is 13.2 Å². The van der Waals surface area contributed by atoms with Crippen LogP contribution >= 0.6 is 0 Å². The minimum atomic E-state index is -3.64. The Morgan fingerprint density at radius 2 is 1.73 bits per heavy atom. The summed E-state index contributed by atoms with van der Waals surface area (Å²) in [5, 5.41) is 3.43. The Labute approximate surface area is 196 Å². The van der Waals surface area contributed by atoms with E-state index in [2.05, 4.69) is 15.0 Å². The number of pyridine rings is 1. The van der Waals surface area contributed by atoms with E-state index in [-0.39, 0.29) is 31.2 Å². The molecule has 180 valence electrons. The molecule has 2 aromatic rings. The van der Waals surface area contributed by atoms with Crippen LogP contribution in [0.2, 0.25) is 0 Å². The maximum atomic E-state index is 12.7. The van der Waals surface area contributed by atoms with E-state index in [1.54, 1.807) is 24.2 Å². The Hall–Kier alpha value is -2.33. The van der Waals surface area contributed by atoms with Crippen LogP contribution in [-0.4, -0.2) is 64.1 Å². The lowest BCUT2D eigenvalue weighted by Crippen LogP contribution is -2.51. The molecule has 8 nitrogen and oxygen atoms in total. The first-order chi connectivity index (χ1) is 15.7. The van der Waals surface area contributed by atoms with Gasteiger partial charge in [0.2, 0.25) is 15.9 Å². The van der Waals surface area contributed by atoms with Crippen LogP contribution in [-0.2, 0) is 25.1 Å². The van der Waals surface area contributed by atoms with Crippen molar-refractivity contribution in [3.8, 4) is 0 Å². The zero-order valence-corrected chi connectivity index (χ0v) is 20.7. The van der Waals surface area contributed by atoms with Gasteiger partial charge in [0.1, 0.15) is 6.61 Å². The summed E-state index contributed by atoms with van der Waals surface area (Å²) >= 11 is 0. The molecule has 0 unspecified atom stereocenters. The Morgan fingerprint density at radius 1 is 1.09 bits per heavy atom. The molecule has 1 aliphatic heterocycles. The van der Waals surface area contributed by atoms with Crippen LogP contribution in [0.3, 0.4) is 0 Å². The highest BCUT2D eigenvalue weighted by Crippen LogP contribution is 2.32. The first-order valence-electron chi connectivity index (χ1n) is 11.2.